The van der Waals surface area contributed by atoms with Crippen LogP contribution in [-0.2, 0) is 11.0 Å². The maximum Gasteiger partial charge on any atom is 0.416 e. The highest BCUT2D eigenvalue weighted by atomic mass is 19.4. The molecule has 0 amide bonds. The van der Waals surface area contributed by atoms with Crippen molar-refractivity contribution in [2.24, 2.45) is 5.41 Å². The maximum absolute atomic E-state index is 14.0. The summed E-state index contributed by atoms with van der Waals surface area (Å²) in [6.45, 7) is 4.02. The fourth-order valence-corrected chi connectivity index (χ4v) is 5.00. The summed E-state index contributed by atoms with van der Waals surface area (Å²) in [4.78, 5) is 17.7. The van der Waals surface area contributed by atoms with Gasteiger partial charge in [0.1, 0.15) is 0 Å². The average Bonchev–Trinajstić information content (AvgIpc) is 2.70. The lowest BCUT2D eigenvalue weighted by Gasteiger charge is -2.40. The monoisotopic (exact) mass is 422 g/mol. The van der Waals surface area contributed by atoms with Gasteiger partial charge >= 0.3 is 6.18 Å². The number of ketones is 1. The maximum atomic E-state index is 14.0. The number of rotatable bonds is 1. The lowest BCUT2D eigenvalue weighted by molar-refractivity contribution is -0.138. The molecule has 1 unspecified atom stereocenters. The molecule has 1 aromatic heterocycles. The van der Waals surface area contributed by atoms with Crippen molar-refractivity contribution in [2.45, 2.75) is 38.8 Å². The Hall–Kier alpha value is -3.15. The highest BCUT2D eigenvalue weighted by Crippen LogP contribution is 2.52. The van der Waals surface area contributed by atoms with Gasteiger partial charge in [-0.25, -0.2) is 0 Å². The van der Waals surface area contributed by atoms with Crippen LogP contribution in [0.25, 0.3) is 10.9 Å². The van der Waals surface area contributed by atoms with Crippen molar-refractivity contribution >= 4 is 22.4 Å². The number of allylic oxidation sites excluding steroid dienone is 2. The van der Waals surface area contributed by atoms with E-state index in [9.17, 15) is 18.0 Å². The fraction of sp³-hybridized carbons (Fsp3) is 0.280. The Morgan fingerprint density at radius 1 is 1.03 bits per heavy atom. The number of halogens is 3. The van der Waals surface area contributed by atoms with Gasteiger partial charge in [-0.2, -0.15) is 13.2 Å². The number of nitrogens with one attached hydrogen (secondary N) is 1. The molecule has 5 rings (SSSR count). The Kier molecular flexibility index (Phi) is 4.26. The van der Waals surface area contributed by atoms with Crippen molar-refractivity contribution in [3.8, 4) is 0 Å². The number of benzene rings is 2. The van der Waals surface area contributed by atoms with E-state index in [1.54, 1.807) is 18.3 Å². The molecule has 1 atom stereocenters. The van der Waals surface area contributed by atoms with Crippen LogP contribution in [-0.4, -0.2) is 10.8 Å². The van der Waals surface area contributed by atoms with Gasteiger partial charge in [0.25, 0.3) is 0 Å². The number of anilines is 1. The molecule has 0 radical (unpaired) electrons. The number of nitrogens with zero attached hydrogens (tertiary/aromatic N) is 1. The van der Waals surface area contributed by atoms with E-state index in [0.29, 0.717) is 29.5 Å². The standard InChI is InChI=1S/C25H21F3N2O/c1-24(2)12-19-23(20(31)13-24)22(14-6-3-4-8-16(14)25(26,27)28)21-15-7-5-11-29-17(15)9-10-18(21)30-19/h3-11,22,30H,12-13H2,1-2H3. The number of alkyl halides is 3. The number of fused-ring (bicyclic) bond motifs is 3. The van der Waals surface area contributed by atoms with E-state index in [2.05, 4.69) is 10.3 Å². The summed E-state index contributed by atoms with van der Waals surface area (Å²) < 4.78 is 42.0. The number of hydrogen-bond donors (Lipinski definition) is 1. The van der Waals surface area contributed by atoms with Gasteiger partial charge in [0.15, 0.2) is 5.78 Å². The molecule has 0 saturated carbocycles. The molecule has 2 heterocycles. The van der Waals surface area contributed by atoms with Crippen LogP contribution in [0.1, 0.15) is 49.3 Å². The summed E-state index contributed by atoms with van der Waals surface area (Å²) in [5, 5.41) is 4.13. The Bertz CT molecular complexity index is 1260. The van der Waals surface area contributed by atoms with Crippen LogP contribution in [0.3, 0.4) is 0 Å². The molecule has 1 N–H and O–H groups in total. The predicted molar refractivity (Wildman–Crippen MR) is 114 cm³/mol. The van der Waals surface area contributed by atoms with Crippen LogP contribution >= 0.6 is 0 Å². The molecule has 6 heteroatoms. The van der Waals surface area contributed by atoms with Gasteiger partial charge in [-0.05, 0) is 47.2 Å². The molecular formula is C25H21F3N2O. The molecule has 2 aliphatic rings. The summed E-state index contributed by atoms with van der Waals surface area (Å²) in [5.74, 6) is -0.909. The number of hydrogen-bond acceptors (Lipinski definition) is 3. The van der Waals surface area contributed by atoms with Crippen molar-refractivity contribution in [3.63, 3.8) is 0 Å². The lowest BCUT2D eigenvalue weighted by Crippen LogP contribution is -2.34. The third-order valence-corrected chi connectivity index (χ3v) is 6.19. The van der Waals surface area contributed by atoms with Crippen molar-refractivity contribution in [2.75, 3.05) is 5.32 Å². The Morgan fingerprint density at radius 3 is 2.58 bits per heavy atom. The minimum Gasteiger partial charge on any atom is -0.358 e. The van der Waals surface area contributed by atoms with Crippen LogP contribution in [0, 0.1) is 5.41 Å². The second-order valence-electron chi connectivity index (χ2n) is 9.07. The van der Waals surface area contributed by atoms with Crippen LogP contribution in [0.4, 0.5) is 18.9 Å². The van der Waals surface area contributed by atoms with Crippen LogP contribution in [0.5, 0.6) is 0 Å². The van der Waals surface area contributed by atoms with Gasteiger partial charge in [-0.1, -0.05) is 38.1 Å². The molecule has 1 aliphatic carbocycles. The summed E-state index contributed by atoms with van der Waals surface area (Å²) in [7, 11) is 0. The molecule has 2 aromatic carbocycles. The first-order valence-corrected chi connectivity index (χ1v) is 10.2. The zero-order valence-electron chi connectivity index (χ0n) is 17.2. The summed E-state index contributed by atoms with van der Waals surface area (Å²) >= 11 is 0. The van der Waals surface area contributed by atoms with E-state index in [0.717, 1.165) is 22.8 Å². The van der Waals surface area contributed by atoms with Crippen molar-refractivity contribution in [1.29, 1.82) is 0 Å². The Balaban J connectivity index is 1.86. The van der Waals surface area contributed by atoms with Gasteiger partial charge in [-0.15, -0.1) is 0 Å². The first-order valence-electron chi connectivity index (χ1n) is 10.2. The van der Waals surface area contributed by atoms with Gasteiger partial charge in [0.05, 0.1) is 11.1 Å². The van der Waals surface area contributed by atoms with E-state index in [-0.39, 0.29) is 16.8 Å². The first kappa shape index (κ1) is 19.8. The number of aromatic nitrogens is 1. The zero-order valence-corrected chi connectivity index (χ0v) is 17.2. The number of Topliss-reactive ketones (excluding diaryl/α,β-unsaturated/α-hetero) is 1. The highest BCUT2D eigenvalue weighted by Gasteiger charge is 2.44. The third kappa shape index (κ3) is 3.21. The van der Waals surface area contributed by atoms with Gasteiger partial charge in [0.2, 0.25) is 0 Å². The molecule has 0 spiro atoms. The van der Waals surface area contributed by atoms with Crippen LogP contribution in [0.15, 0.2) is 66.0 Å². The fourth-order valence-electron chi connectivity index (χ4n) is 5.00. The van der Waals surface area contributed by atoms with Gasteiger partial charge in [-0.3, -0.25) is 9.78 Å². The molecule has 1 aliphatic heterocycles. The molecule has 0 saturated heterocycles. The molecule has 0 bridgehead atoms. The van der Waals surface area contributed by atoms with Gasteiger partial charge < -0.3 is 5.32 Å². The van der Waals surface area contributed by atoms with Crippen molar-refractivity contribution in [3.05, 3.63) is 82.7 Å². The topological polar surface area (TPSA) is 42.0 Å². The first-order chi connectivity index (χ1) is 14.7. The van der Waals surface area contributed by atoms with E-state index in [1.807, 2.05) is 32.0 Å². The Morgan fingerprint density at radius 2 is 1.81 bits per heavy atom. The van der Waals surface area contributed by atoms with Gasteiger partial charge in [0, 0.05) is 40.9 Å². The largest absolute Gasteiger partial charge is 0.416 e. The molecular weight excluding hydrogens is 401 g/mol. The quantitative estimate of drug-likeness (QED) is 0.490. The summed E-state index contributed by atoms with van der Waals surface area (Å²) in [6.07, 6.45) is -1.97. The number of carbonyl (C=O) groups excluding carboxylic acids is 1. The van der Waals surface area contributed by atoms with E-state index in [4.69, 9.17) is 0 Å². The average molecular weight is 422 g/mol. The van der Waals surface area contributed by atoms with Crippen LogP contribution < -0.4 is 5.32 Å². The summed E-state index contributed by atoms with van der Waals surface area (Å²) in [5.41, 5.74) is 2.39. The SMILES string of the molecule is CC1(C)CC(=O)C2=C(C1)Nc1ccc3ncccc3c1C2c1ccccc1C(F)(F)F. The second kappa shape index (κ2) is 6.67. The minimum atomic E-state index is -4.53. The lowest BCUT2D eigenvalue weighted by atomic mass is 9.67. The highest BCUT2D eigenvalue weighted by molar-refractivity contribution is 6.04. The van der Waals surface area contributed by atoms with Crippen LogP contribution in [0.2, 0.25) is 0 Å². The predicted octanol–water partition coefficient (Wildman–Crippen LogP) is 6.45. The normalized spacial score (nSPS) is 20.3. The number of carbonyl (C=O) groups is 1. The van der Waals surface area contributed by atoms with Crippen molar-refractivity contribution in [1.82, 2.24) is 4.98 Å². The van der Waals surface area contributed by atoms with Crippen molar-refractivity contribution < 1.29 is 18.0 Å². The zero-order chi connectivity index (χ0) is 22.0. The molecule has 3 aromatic rings. The van der Waals surface area contributed by atoms with E-state index < -0.39 is 17.7 Å². The molecule has 0 fully saturated rings. The number of pyridine rings is 1. The van der Waals surface area contributed by atoms with E-state index in [1.165, 1.54) is 12.1 Å². The molecule has 158 valence electrons. The second-order valence-corrected chi connectivity index (χ2v) is 9.07. The summed E-state index contributed by atoms with van der Waals surface area (Å²) in [6, 6.07) is 12.9. The molecule has 31 heavy (non-hydrogen) atoms. The molecule has 3 nitrogen and oxygen atoms in total. The third-order valence-electron chi connectivity index (χ3n) is 6.19. The Labute approximate surface area is 178 Å². The smallest absolute Gasteiger partial charge is 0.358 e. The van der Waals surface area contributed by atoms with E-state index >= 15 is 0 Å². The minimum absolute atomic E-state index is 0.104.